The number of rotatable bonds is 3. The van der Waals surface area contributed by atoms with Crippen LogP contribution < -0.4 is 4.90 Å². The summed E-state index contributed by atoms with van der Waals surface area (Å²) in [4.78, 5) is 6.78. The van der Waals surface area contributed by atoms with Crippen LogP contribution in [0.2, 0.25) is 0 Å². The predicted octanol–water partition coefficient (Wildman–Crippen LogP) is 2.12. The number of nitrogens with zero attached hydrogens (tertiary/aromatic N) is 3. The zero-order valence-corrected chi connectivity index (χ0v) is 11.0. The molecule has 0 aromatic carbocycles. The Morgan fingerprint density at radius 1 is 1.44 bits per heavy atom. The van der Waals surface area contributed by atoms with E-state index in [2.05, 4.69) is 16.0 Å². The van der Waals surface area contributed by atoms with Crippen LogP contribution in [0.3, 0.4) is 0 Å². The second-order valence-corrected chi connectivity index (χ2v) is 4.85. The van der Waals surface area contributed by atoms with Gasteiger partial charge >= 0.3 is 0 Å². The van der Waals surface area contributed by atoms with Crippen molar-refractivity contribution in [2.75, 3.05) is 31.7 Å². The fraction of sp³-hybridized carbons (Fsp3) is 0.571. The number of hydrogen-bond donors (Lipinski definition) is 0. The molecule has 2 rings (SSSR count). The molecule has 1 aromatic rings. The molecular formula is C14H19N3O. The lowest BCUT2D eigenvalue weighted by Gasteiger charge is -2.32. The minimum Gasteiger partial charge on any atom is -0.384 e. The van der Waals surface area contributed by atoms with Crippen molar-refractivity contribution in [2.45, 2.75) is 19.8 Å². The molecule has 0 N–H and O–H groups in total. The van der Waals surface area contributed by atoms with E-state index in [1.54, 1.807) is 7.11 Å². The molecule has 0 aliphatic carbocycles. The molecular weight excluding hydrogens is 226 g/mol. The monoisotopic (exact) mass is 245 g/mol. The van der Waals surface area contributed by atoms with Gasteiger partial charge in [0.2, 0.25) is 0 Å². The molecule has 0 bridgehead atoms. The van der Waals surface area contributed by atoms with Crippen LogP contribution in [0, 0.1) is 24.2 Å². The molecule has 0 amide bonds. The first kappa shape index (κ1) is 12.8. The summed E-state index contributed by atoms with van der Waals surface area (Å²) in [7, 11) is 1.76. The Balaban J connectivity index is 2.05. The molecule has 1 aliphatic rings. The van der Waals surface area contributed by atoms with Crippen LogP contribution in [0.5, 0.6) is 0 Å². The van der Waals surface area contributed by atoms with Crippen LogP contribution in [-0.2, 0) is 4.74 Å². The van der Waals surface area contributed by atoms with Gasteiger partial charge in [0, 0.05) is 32.5 Å². The molecule has 18 heavy (non-hydrogen) atoms. The van der Waals surface area contributed by atoms with E-state index in [1.807, 2.05) is 19.1 Å². The van der Waals surface area contributed by atoms with Crippen LogP contribution in [0.1, 0.15) is 24.1 Å². The van der Waals surface area contributed by atoms with Gasteiger partial charge in [0.15, 0.2) is 0 Å². The molecule has 2 heterocycles. The predicted molar refractivity (Wildman–Crippen MR) is 70.5 cm³/mol. The van der Waals surface area contributed by atoms with Gasteiger partial charge in [-0.1, -0.05) is 0 Å². The number of aromatic nitrogens is 1. The highest BCUT2D eigenvalue weighted by Gasteiger charge is 2.20. The lowest BCUT2D eigenvalue weighted by molar-refractivity contribution is 0.139. The maximum atomic E-state index is 8.98. The molecule has 0 radical (unpaired) electrons. The minimum absolute atomic E-state index is 0.659. The smallest absolute Gasteiger partial charge is 0.130 e. The summed E-state index contributed by atoms with van der Waals surface area (Å²) in [5.41, 5.74) is 1.60. The highest BCUT2D eigenvalue weighted by Crippen LogP contribution is 2.23. The Morgan fingerprint density at radius 2 is 2.17 bits per heavy atom. The third-order valence-corrected chi connectivity index (χ3v) is 3.41. The molecule has 0 spiro atoms. The van der Waals surface area contributed by atoms with Crippen molar-refractivity contribution in [1.82, 2.24) is 4.98 Å². The maximum Gasteiger partial charge on any atom is 0.130 e. The number of ether oxygens (including phenoxy) is 1. The number of aryl methyl sites for hydroxylation is 1. The van der Waals surface area contributed by atoms with E-state index in [-0.39, 0.29) is 0 Å². The van der Waals surface area contributed by atoms with Gasteiger partial charge in [0.1, 0.15) is 5.82 Å². The summed E-state index contributed by atoms with van der Waals surface area (Å²) >= 11 is 0. The van der Waals surface area contributed by atoms with E-state index in [0.717, 1.165) is 44.0 Å². The zero-order valence-electron chi connectivity index (χ0n) is 11.0. The second-order valence-electron chi connectivity index (χ2n) is 4.85. The average Bonchev–Trinajstić information content (AvgIpc) is 2.39. The first-order chi connectivity index (χ1) is 8.72. The molecule has 4 nitrogen and oxygen atoms in total. The average molecular weight is 245 g/mol. The van der Waals surface area contributed by atoms with Crippen LogP contribution >= 0.6 is 0 Å². The first-order valence-electron chi connectivity index (χ1n) is 6.35. The van der Waals surface area contributed by atoms with E-state index in [9.17, 15) is 0 Å². The van der Waals surface area contributed by atoms with Crippen molar-refractivity contribution in [1.29, 1.82) is 5.26 Å². The van der Waals surface area contributed by atoms with E-state index in [0.29, 0.717) is 11.5 Å². The van der Waals surface area contributed by atoms with Crippen LogP contribution in [0.15, 0.2) is 12.1 Å². The van der Waals surface area contributed by atoms with E-state index in [1.165, 1.54) is 0 Å². The summed E-state index contributed by atoms with van der Waals surface area (Å²) in [6.45, 7) is 4.77. The van der Waals surface area contributed by atoms with Gasteiger partial charge in [-0.15, -0.1) is 0 Å². The molecule has 0 unspecified atom stereocenters. The van der Waals surface area contributed by atoms with E-state index < -0.39 is 0 Å². The van der Waals surface area contributed by atoms with Crippen molar-refractivity contribution in [3.05, 3.63) is 23.4 Å². The first-order valence-corrected chi connectivity index (χ1v) is 6.35. The van der Waals surface area contributed by atoms with Gasteiger partial charge in [0.05, 0.1) is 11.6 Å². The summed E-state index contributed by atoms with van der Waals surface area (Å²) in [6, 6.07) is 5.89. The molecule has 0 atom stereocenters. The number of anilines is 1. The molecule has 1 aliphatic heterocycles. The Labute approximate surface area is 108 Å². The van der Waals surface area contributed by atoms with Crippen LogP contribution in [0.4, 0.5) is 5.82 Å². The Hall–Kier alpha value is -1.60. The molecule has 1 fully saturated rings. The molecule has 1 saturated heterocycles. The van der Waals surface area contributed by atoms with Gasteiger partial charge in [-0.3, -0.25) is 0 Å². The molecule has 96 valence electrons. The maximum absolute atomic E-state index is 8.98. The van der Waals surface area contributed by atoms with Crippen molar-refractivity contribution in [3.63, 3.8) is 0 Å². The summed E-state index contributed by atoms with van der Waals surface area (Å²) in [5, 5.41) is 8.98. The number of nitriles is 1. The molecule has 4 heteroatoms. The van der Waals surface area contributed by atoms with Crippen LogP contribution in [0.25, 0.3) is 0 Å². The lowest BCUT2D eigenvalue weighted by atomic mass is 9.98. The Morgan fingerprint density at radius 3 is 2.78 bits per heavy atom. The normalized spacial score (nSPS) is 16.6. The van der Waals surface area contributed by atoms with Gasteiger partial charge in [-0.25, -0.2) is 4.98 Å². The summed E-state index contributed by atoms with van der Waals surface area (Å²) in [6.07, 6.45) is 2.26. The Bertz CT molecular complexity index is 445. The highest BCUT2D eigenvalue weighted by atomic mass is 16.5. The Kier molecular flexibility index (Phi) is 4.16. The van der Waals surface area contributed by atoms with Crippen LogP contribution in [-0.4, -0.2) is 31.8 Å². The fourth-order valence-electron chi connectivity index (χ4n) is 2.44. The van der Waals surface area contributed by atoms with Crippen molar-refractivity contribution >= 4 is 5.82 Å². The van der Waals surface area contributed by atoms with Crippen molar-refractivity contribution < 1.29 is 4.74 Å². The zero-order chi connectivity index (χ0) is 13.0. The fourth-order valence-corrected chi connectivity index (χ4v) is 2.44. The van der Waals surface area contributed by atoms with E-state index >= 15 is 0 Å². The number of methoxy groups -OCH3 is 1. The number of hydrogen-bond acceptors (Lipinski definition) is 4. The van der Waals surface area contributed by atoms with Gasteiger partial charge in [-0.05, 0) is 37.8 Å². The second kappa shape index (κ2) is 5.83. The standard InChI is InChI=1S/C14H19N3O/c1-11-7-13(9-15)8-14(16-11)17-5-3-12(4-6-17)10-18-2/h7-8,12H,3-6,10H2,1-2H3. The third-order valence-electron chi connectivity index (χ3n) is 3.41. The van der Waals surface area contributed by atoms with Gasteiger partial charge in [0.25, 0.3) is 0 Å². The molecule has 1 aromatic heterocycles. The largest absolute Gasteiger partial charge is 0.384 e. The number of piperidine rings is 1. The quantitative estimate of drug-likeness (QED) is 0.818. The summed E-state index contributed by atoms with van der Waals surface area (Å²) < 4.78 is 5.20. The topological polar surface area (TPSA) is 49.1 Å². The van der Waals surface area contributed by atoms with Gasteiger partial charge in [-0.2, -0.15) is 5.26 Å². The van der Waals surface area contributed by atoms with Gasteiger partial charge < -0.3 is 9.64 Å². The highest BCUT2D eigenvalue weighted by molar-refractivity contribution is 5.46. The number of pyridine rings is 1. The third kappa shape index (κ3) is 2.99. The van der Waals surface area contributed by atoms with E-state index in [4.69, 9.17) is 10.00 Å². The lowest BCUT2D eigenvalue weighted by Crippen LogP contribution is -2.35. The summed E-state index contributed by atoms with van der Waals surface area (Å²) in [5.74, 6) is 1.59. The van der Waals surface area contributed by atoms with Crippen molar-refractivity contribution in [3.8, 4) is 6.07 Å². The SMILES string of the molecule is COCC1CCN(c2cc(C#N)cc(C)n2)CC1. The minimum atomic E-state index is 0.659. The van der Waals surface area contributed by atoms with Crippen molar-refractivity contribution in [2.24, 2.45) is 5.92 Å². The molecule has 0 saturated carbocycles.